The van der Waals surface area contributed by atoms with Gasteiger partial charge in [0.1, 0.15) is 0 Å². The van der Waals surface area contributed by atoms with Crippen LogP contribution in [-0.2, 0) is 9.59 Å². The van der Waals surface area contributed by atoms with Crippen LogP contribution in [0.15, 0.2) is 58.4 Å². The number of para-hydroxylation sites is 1. The number of thiazole rings is 1. The van der Waals surface area contributed by atoms with Gasteiger partial charge in [-0.1, -0.05) is 64.9 Å². The van der Waals surface area contributed by atoms with Crippen molar-refractivity contribution >= 4 is 63.8 Å². The molecule has 3 heterocycles. The number of rotatable bonds is 2. The summed E-state index contributed by atoms with van der Waals surface area (Å²) in [6, 6.07) is 14.8. The summed E-state index contributed by atoms with van der Waals surface area (Å²) >= 11 is 16.0. The zero-order valence-corrected chi connectivity index (χ0v) is 20.8. The maximum absolute atomic E-state index is 13.7. The third-order valence-corrected chi connectivity index (χ3v) is 11.5. The Labute approximate surface area is 213 Å². The number of imide groups is 1. The van der Waals surface area contributed by atoms with E-state index in [9.17, 15) is 14.4 Å². The number of H-pyrrole nitrogens is 1. The van der Waals surface area contributed by atoms with E-state index in [1.165, 1.54) is 16.2 Å². The van der Waals surface area contributed by atoms with Crippen molar-refractivity contribution in [3.05, 3.63) is 78.7 Å². The molecular weight excluding hydrogens is 511 g/mol. The van der Waals surface area contributed by atoms with Gasteiger partial charge in [0, 0.05) is 16.0 Å². The van der Waals surface area contributed by atoms with Gasteiger partial charge in [-0.2, -0.15) is 0 Å². The molecule has 2 aromatic carbocycles. The maximum atomic E-state index is 13.7. The second kappa shape index (κ2) is 7.47. The molecule has 5 nitrogen and oxygen atoms in total. The van der Waals surface area contributed by atoms with Crippen molar-refractivity contribution in [3.63, 3.8) is 0 Å². The molecule has 1 aromatic heterocycles. The third kappa shape index (κ3) is 2.72. The van der Waals surface area contributed by atoms with Gasteiger partial charge in [-0.05, 0) is 47.9 Å². The Hall–Kier alpha value is -2.06. The van der Waals surface area contributed by atoms with Crippen LogP contribution in [-0.4, -0.2) is 22.0 Å². The van der Waals surface area contributed by atoms with Crippen LogP contribution < -0.4 is 9.77 Å². The first kappa shape index (κ1) is 21.2. The number of benzene rings is 2. The highest BCUT2D eigenvalue weighted by Crippen LogP contribution is 2.69. The fourth-order valence-electron chi connectivity index (χ4n) is 6.96. The summed E-state index contributed by atoms with van der Waals surface area (Å²) in [7, 11) is 0. The zero-order chi connectivity index (χ0) is 23.3. The number of carbonyl (C=O) groups excluding carboxylic acids is 2. The highest BCUT2D eigenvalue weighted by Gasteiger charge is 2.69. The number of halogens is 2. The first-order chi connectivity index (χ1) is 16.5. The van der Waals surface area contributed by atoms with E-state index >= 15 is 0 Å². The van der Waals surface area contributed by atoms with Crippen LogP contribution >= 0.6 is 46.3 Å². The zero-order valence-electron chi connectivity index (χ0n) is 17.6. The van der Waals surface area contributed by atoms with Gasteiger partial charge in [0.2, 0.25) is 11.8 Å². The topological polar surface area (TPSA) is 70.2 Å². The van der Waals surface area contributed by atoms with Crippen molar-refractivity contribution in [1.82, 2.24) is 4.98 Å². The molecule has 3 fully saturated rings. The lowest BCUT2D eigenvalue weighted by Gasteiger charge is -2.43. The van der Waals surface area contributed by atoms with Crippen LogP contribution in [0.5, 0.6) is 0 Å². The third-order valence-electron chi connectivity index (χ3n) is 8.05. The molecule has 1 saturated heterocycles. The molecule has 3 aromatic rings. The number of nitrogens with zero attached hydrogens (tertiary/aromatic N) is 1. The lowest BCUT2D eigenvalue weighted by atomic mass is 9.68. The van der Waals surface area contributed by atoms with Gasteiger partial charge in [0.25, 0.3) is 0 Å². The largest absolute Gasteiger partial charge is 0.307 e. The minimum atomic E-state index is -0.336. The fourth-order valence-corrected chi connectivity index (χ4v) is 10.3. The van der Waals surface area contributed by atoms with Crippen LogP contribution in [0.1, 0.15) is 22.8 Å². The summed E-state index contributed by atoms with van der Waals surface area (Å²) < 4.78 is 0. The number of thioether (sulfide) groups is 1. The maximum Gasteiger partial charge on any atom is 0.305 e. The minimum absolute atomic E-state index is 0.0445. The van der Waals surface area contributed by atoms with E-state index in [1.54, 1.807) is 17.8 Å². The Kier molecular flexibility index (Phi) is 4.67. The molecule has 1 N–H and O–H groups in total. The molecule has 172 valence electrons. The van der Waals surface area contributed by atoms with Crippen LogP contribution in [0.2, 0.25) is 10.0 Å². The van der Waals surface area contributed by atoms with Gasteiger partial charge in [-0.15, -0.1) is 11.8 Å². The molecule has 7 atom stereocenters. The normalized spacial score (nSPS) is 33.2. The fraction of sp³-hybridized carbons (Fsp3) is 0.320. The summed E-state index contributed by atoms with van der Waals surface area (Å²) in [6.45, 7) is 0. The molecule has 4 aliphatic rings. The van der Waals surface area contributed by atoms with Crippen molar-refractivity contribution in [2.45, 2.75) is 22.6 Å². The van der Waals surface area contributed by atoms with Crippen molar-refractivity contribution < 1.29 is 9.59 Å². The van der Waals surface area contributed by atoms with Crippen molar-refractivity contribution in [2.24, 2.45) is 29.6 Å². The van der Waals surface area contributed by atoms with Crippen LogP contribution in [0.25, 0.3) is 0 Å². The molecule has 2 bridgehead atoms. The lowest BCUT2D eigenvalue weighted by molar-refractivity contribution is -0.123. The molecule has 2 aliphatic heterocycles. The van der Waals surface area contributed by atoms with Crippen LogP contribution in [0.4, 0.5) is 5.69 Å². The Morgan fingerprint density at radius 1 is 0.912 bits per heavy atom. The molecule has 7 rings (SSSR count). The number of aromatic amines is 1. The number of hydrogen-bond acceptors (Lipinski definition) is 5. The van der Waals surface area contributed by atoms with E-state index in [0.29, 0.717) is 15.7 Å². The van der Waals surface area contributed by atoms with Crippen LogP contribution in [0.3, 0.4) is 0 Å². The van der Waals surface area contributed by atoms with Gasteiger partial charge in [0.15, 0.2) is 0 Å². The van der Waals surface area contributed by atoms with E-state index in [-0.39, 0.29) is 57.4 Å². The average molecular weight is 529 g/mol. The number of aromatic nitrogens is 1. The highest BCUT2D eigenvalue weighted by molar-refractivity contribution is 8.00. The first-order valence-electron chi connectivity index (χ1n) is 11.2. The quantitative estimate of drug-likeness (QED) is 0.450. The summed E-state index contributed by atoms with van der Waals surface area (Å²) in [6.07, 6.45) is 0.839. The van der Waals surface area contributed by atoms with Crippen molar-refractivity contribution in [1.29, 1.82) is 0 Å². The van der Waals surface area contributed by atoms with Gasteiger partial charge >= 0.3 is 4.87 Å². The molecule has 34 heavy (non-hydrogen) atoms. The monoisotopic (exact) mass is 528 g/mol. The number of nitrogens with one attached hydrogen (secondary N) is 1. The first-order valence-corrected chi connectivity index (χ1v) is 13.7. The van der Waals surface area contributed by atoms with Crippen molar-refractivity contribution in [2.75, 3.05) is 4.90 Å². The van der Waals surface area contributed by atoms with Crippen LogP contribution in [0, 0.1) is 29.6 Å². The van der Waals surface area contributed by atoms with E-state index in [2.05, 4.69) is 4.98 Å². The summed E-state index contributed by atoms with van der Waals surface area (Å²) in [5, 5.41) is 1.95. The molecule has 0 radical (unpaired) electrons. The number of fused-ring (bicyclic) bond motifs is 9. The SMILES string of the molecule is O=C1[C@H]2[C@H]3C[C@@H]([C@@H]2C(=O)N1c1ccccc1)[C@H]1[C@H](c2cccc(Cl)c2Cl)c2sc(=O)[nH]c2S[C@H]31. The Balaban J connectivity index is 1.36. The van der Waals surface area contributed by atoms with E-state index in [0.717, 1.165) is 21.9 Å². The molecule has 0 unspecified atom stereocenters. The standard InChI is InChI=1S/C25H18Cl2N2O3S2/c26-14-8-4-7-11(19(14)27)15-16-12-9-13(20(16)33-22-21(15)34-25(32)28-22)18-17(12)23(30)29(24(18)31)10-5-2-1-3-6-10/h1-8,12-13,15-18,20H,9H2,(H,28,32)/t12-,13-,15+,16+,17+,18+,20-/m1/s1. The second-order valence-electron chi connectivity index (χ2n) is 9.45. The molecule has 2 aliphatic carbocycles. The van der Waals surface area contributed by atoms with Gasteiger partial charge < -0.3 is 4.98 Å². The lowest BCUT2D eigenvalue weighted by Crippen LogP contribution is -2.42. The summed E-state index contributed by atoms with van der Waals surface area (Å²) in [4.78, 5) is 44.9. The smallest absolute Gasteiger partial charge is 0.305 e. The number of hydrogen-bond donors (Lipinski definition) is 1. The summed E-state index contributed by atoms with van der Waals surface area (Å²) in [5.74, 6) is -0.753. The molecule has 9 heteroatoms. The van der Waals surface area contributed by atoms with Gasteiger partial charge in [-0.3, -0.25) is 19.3 Å². The summed E-state index contributed by atoms with van der Waals surface area (Å²) in [5.41, 5.74) is 1.53. The Morgan fingerprint density at radius 2 is 1.65 bits per heavy atom. The van der Waals surface area contributed by atoms with Crippen molar-refractivity contribution in [3.8, 4) is 0 Å². The predicted octanol–water partition coefficient (Wildman–Crippen LogP) is 5.42. The average Bonchev–Trinajstić information content (AvgIpc) is 3.55. The minimum Gasteiger partial charge on any atom is -0.307 e. The Bertz CT molecular complexity index is 1420. The van der Waals surface area contributed by atoms with E-state index < -0.39 is 0 Å². The van der Waals surface area contributed by atoms with E-state index in [1.807, 2.05) is 42.5 Å². The second-order valence-corrected chi connectivity index (χ2v) is 12.4. The molecule has 2 amide bonds. The Morgan fingerprint density at radius 3 is 2.41 bits per heavy atom. The van der Waals surface area contributed by atoms with Gasteiger partial charge in [-0.25, -0.2) is 0 Å². The number of carbonyl (C=O) groups is 2. The number of amides is 2. The molecule has 2 saturated carbocycles. The predicted molar refractivity (Wildman–Crippen MR) is 134 cm³/mol. The van der Waals surface area contributed by atoms with E-state index in [4.69, 9.17) is 23.2 Å². The molecular formula is C25H18Cl2N2O3S2. The van der Waals surface area contributed by atoms with Gasteiger partial charge in [0.05, 0.1) is 32.6 Å². The highest BCUT2D eigenvalue weighted by atomic mass is 35.5. The number of anilines is 1. The molecule has 0 spiro atoms.